The first-order valence-electron chi connectivity index (χ1n) is 8.20. The fraction of sp³-hybridized carbons (Fsp3) is 0.556. The minimum atomic E-state index is -0.544. The third-order valence-corrected chi connectivity index (χ3v) is 3.11. The van der Waals surface area contributed by atoms with E-state index in [2.05, 4.69) is 10.3 Å². The molecule has 1 aromatic rings. The Hall–Kier alpha value is -1.58. The Labute approximate surface area is 172 Å². The Kier molecular flexibility index (Phi) is 10.5. The molecule has 0 unspecified atom stereocenters. The van der Waals surface area contributed by atoms with E-state index in [1.54, 1.807) is 12.1 Å². The molecule has 0 radical (unpaired) electrons. The molecule has 0 bridgehead atoms. The van der Waals surface area contributed by atoms with Crippen molar-refractivity contribution in [3.63, 3.8) is 0 Å². The number of nitrogens with zero attached hydrogens (tertiary/aromatic N) is 2. The first-order chi connectivity index (χ1) is 11.7. The molecule has 0 fully saturated rings. The van der Waals surface area contributed by atoms with Gasteiger partial charge in [-0.05, 0) is 45.4 Å². The van der Waals surface area contributed by atoms with E-state index >= 15 is 0 Å². The maximum Gasteiger partial charge on any atom is 0.328 e. The topological polar surface area (TPSA) is 63.2 Å². The highest BCUT2D eigenvalue weighted by molar-refractivity contribution is 14.0. The van der Waals surface area contributed by atoms with Crippen LogP contribution in [0.5, 0.6) is 5.75 Å². The first-order valence-corrected chi connectivity index (χ1v) is 8.20. The van der Waals surface area contributed by atoms with Gasteiger partial charge in [0, 0.05) is 20.1 Å². The summed E-state index contributed by atoms with van der Waals surface area (Å²) in [6, 6.07) is 4.80. The number of methoxy groups -OCH3 is 1. The molecule has 1 rings (SSSR count). The van der Waals surface area contributed by atoms with Gasteiger partial charge in [-0.3, -0.25) is 4.79 Å². The zero-order valence-electron chi connectivity index (χ0n) is 16.3. The number of carbonyl (C=O) groups is 1. The lowest BCUT2D eigenvalue weighted by atomic mass is 10.2. The second-order valence-electron chi connectivity index (χ2n) is 6.58. The molecule has 26 heavy (non-hydrogen) atoms. The van der Waals surface area contributed by atoms with Crippen molar-refractivity contribution in [3.8, 4) is 5.75 Å². The lowest BCUT2D eigenvalue weighted by Crippen LogP contribution is -2.39. The Balaban J connectivity index is 0.00000625. The number of rotatable bonds is 6. The summed E-state index contributed by atoms with van der Waals surface area (Å²) in [5.74, 6) is -0.0580. The van der Waals surface area contributed by atoms with E-state index in [4.69, 9.17) is 9.47 Å². The van der Waals surface area contributed by atoms with Crippen molar-refractivity contribution >= 4 is 35.9 Å². The normalized spacial score (nSPS) is 11.4. The molecule has 0 aliphatic carbocycles. The minimum Gasteiger partial charge on any atom is -0.494 e. The largest absolute Gasteiger partial charge is 0.494 e. The average Bonchev–Trinajstić information content (AvgIpc) is 2.49. The minimum absolute atomic E-state index is 0. The zero-order chi connectivity index (χ0) is 19.0. The highest BCUT2D eigenvalue weighted by Gasteiger charge is 2.16. The van der Waals surface area contributed by atoms with Gasteiger partial charge in [-0.15, -0.1) is 24.0 Å². The SMILES string of the molecule is CCNC(=NCC(=O)OC(C)(C)C)N(C)Cc1ccc(OC)c(F)c1.I. The van der Waals surface area contributed by atoms with Crippen LogP contribution in [0.15, 0.2) is 23.2 Å². The van der Waals surface area contributed by atoms with E-state index in [0.29, 0.717) is 19.0 Å². The van der Waals surface area contributed by atoms with Crippen LogP contribution in [0.3, 0.4) is 0 Å². The molecule has 0 aliphatic rings. The highest BCUT2D eigenvalue weighted by atomic mass is 127. The van der Waals surface area contributed by atoms with Gasteiger partial charge in [-0.25, -0.2) is 9.38 Å². The number of nitrogens with one attached hydrogen (secondary N) is 1. The summed E-state index contributed by atoms with van der Waals surface area (Å²) >= 11 is 0. The summed E-state index contributed by atoms with van der Waals surface area (Å²) in [5, 5.41) is 3.11. The fourth-order valence-corrected chi connectivity index (χ4v) is 2.14. The Morgan fingerprint density at radius 1 is 1.35 bits per heavy atom. The number of hydrogen-bond acceptors (Lipinski definition) is 4. The van der Waals surface area contributed by atoms with E-state index < -0.39 is 17.4 Å². The van der Waals surface area contributed by atoms with Gasteiger partial charge in [0.1, 0.15) is 12.1 Å². The number of hydrogen-bond donors (Lipinski definition) is 1. The maximum absolute atomic E-state index is 13.8. The second kappa shape index (κ2) is 11.2. The van der Waals surface area contributed by atoms with Crippen LogP contribution in [0.25, 0.3) is 0 Å². The molecule has 8 heteroatoms. The van der Waals surface area contributed by atoms with Crippen molar-refractivity contribution < 1.29 is 18.7 Å². The molecule has 0 aliphatic heterocycles. The summed E-state index contributed by atoms with van der Waals surface area (Å²) < 4.78 is 24.0. The Morgan fingerprint density at radius 3 is 2.50 bits per heavy atom. The Bertz CT molecular complexity index is 618. The third-order valence-electron chi connectivity index (χ3n) is 3.11. The van der Waals surface area contributed by atoms with Gasteiger partial charge < -0.3 is 19.7 Å². The molecular weight excluding hydrogens is 452 g/mol. The summed E-state index contributed by atoms with van der Waals surface area (Å²) in [6.07, 6.45) is 0. The van der Waals surface area contributed by atoms with Crippen molar-refractivity contribution in [2.24, 2.45) is 4.99 Å². The van der Waals surface area contributed by atoms with Crippen molar-refractivity contribution in [3.05, 3.63) is 29.6 Å². The van der Waals surface area contributed by atoms with Crippen molar-refractivity contribution in [2.45, 2.75) is 39.8 Å². The number of ether oxygens (including phenoxy) is 2. The number of aliphatic imine (C=N–C) groups is 1. The molecule has 0 heterocycles. The monoisotopic (exact) mass is 481 g/mol. The molecule has 0 spiro atoms. The van der Waals surface area contributed by atoms with Crippen LogP contribution in [-0.2, 0) is 16.1 Å². The predicted octanol–water partition coefficient (Wildman–Crippen LogP) is 3.19. The quantitative estimate of drug-likeness (QED) is 0.293. The molecule has 0 aromatic heterocycles. The molecule has 148 valence electrons. The van der Waals surface area contributed by atoms with Gasteiger partial charge in [0.15, 0.2) is 17.5 Å². The lowest BCUT2D eigenvalue weighted by molar-refractivity contribution is -0.152. The van der Waals surface area contributed by atoms with Crippen LogP contribution >= 0.6 is 24.0 Å². The molecule has 6 nitrogen and oxygen atoms in total. The third kappa shape index (κ3) is 8.68. The predicted molar refractivity (Wildman–Crippen MR) is 112 cm³/mol. The lowest BCUT2D eigenvalue weighted by Gasteiger charge is -2.23. The molecule has 0 atom stereocenters. The molecule has 0 amide bonds. The number of guanidine groups is 1. The molecule has 1 N–H and O–H groups in total. The van der Waals surface area contributed by atoms with Crippen LogP contribution in [0.2, 0.25) is 0 Å². The number of benzene rings is 1. The summed E-state index contributed by atoms with van der Waals surface area (Å²) in [5.41, 5.74) is 0.223. The van der Waals surface area contributed by atoms with E-state index in [9.17, 15) is 9.18 Å². The number of carbonyl (C=O) groups excluding carboxylic acids is 1. The smallest absolute Gasteiger partial charge is 0.328 e. The second-order valence-corrected chi connectivity index (χ2v) is 6.58. The number of halogens is 2. The summed E-state index contributed by atoms with van der Waals surface area (Å²) in [6.45, 7) is 8.36. The van der Waals surface area contributed by atoms with Gasteiger partial charge in [0.25, 0.3) is 0 Å². The highest BCUT2D eigenvalue weighted by Crippen LogP contribution is 2.18. The van der Waals surface area contributed by atoms with Gasteiger partial charge in [0.05, 0.1) is 7.11 Å². The van der Waals surface area contributed by atoms with E-state index in [-0.39, 0.29) is 36.3 Å². The van der Waals surface area contributed by atoms with Crippen molar-refractivity contribution in [1.82, 2.24) is 10.2 Å². The Morgan fingerprint density at radius 2 is 2.00 bits per heavy atom. The van der Waals surface area contributed by atoms with Gasteiger partial charge in [0.2, 0.25) is 0 Å². The van der Waals surface area contributed by atoms with Crippen molar-refractivity contribution in [1.29, 1.82) is 0 Å². The van der Waals surface area contributed by atoms with E-state index in [1.165, 1.54) is 13.2 Å². The first kappa shape index (κ1) is 24.4. The van der Waals surface area contributed by atoms with Crippen LogP contribution in [0.1, 0.15) is 33.3 Å². The van der Waals surface area contributed by atoms with Crippen LogP contribution in [0, 0.1) is 5.82 Å². The van der Waals surface area contributed by atoms with Gasteiger partial charge >= 0.3 is 5.97 Å². The van der Waals surface area contributed by atoms with Gasteiger partial charge in [-0.2, -0.15) is 0 Å². The van der Waals surface area contributed by atoms with Crippen molar-refractivity contribution in [2.75, 3.05) is 27.2 Å². The zero-order valence-corrected chi connectivity index (χ0v) is 18.6. The standard InChI is InChI=1S/C18H28FN3O3.HI/c1-7-20-17(21-11-16(23)25-18(2,3)4)22(5)12-13-8-9-15(24-6)14(19)10-13;/h8-10H,7,11-12H2,1-6H3,(H,20,21);1H. The van der Waals surface area contributed by atoms with Crippen LogP contribution in [-0.4, -0.2) is 49.7 Å². The van der Waals surface area contributed by atoms with E-state index in [1.807, 2.05) is 39.6 Å². The fourth-order valence-electron chi connectivity index (χ4n) is 2.14. The average molecular weight is 481 g/mol. The molecule has 0 saturated heterocycles. The number of esters is 1. The molecular formula is C18H29FIN3O3. The van der Waals surface area contributed by atoms with Crippen LogP contribution < -0.4 is 10.1 Å². The van der Waals surface area contributed by atoms with Crippen LogP contribution in [0.4, 0.5) is 4.39 Å². The molecule has 0 saturated carbocycles. The molecule has 1 aromatic carbocycles. The maximum atomic E-state index is 13.8. The van der Waals surface area contributed by atoms with E-state index in [0.717, 1.165) is 5.56 Å². The summed E-state index contributed by atoms with van der Waals surface area (Å²) in [4.78, 5) is 17.9. The summed E-state index contributed by atoms with van der Waals surface area (Å²) in [7, 11) is 3.25. The van der Waals surface area contributed by atoms with Gasteiger partial charge in [-0.1, -0.05) is 6.07 Å².